The molecule has 0 radical (unpaired) electrons. The zero-order chi connectivity index (χ0) is 22.1. The van der Waals surface area contributed by atoms with E-state index in [1.807, 2.05) is 89.2 Å². The van der Waals surface area contributed by atoms with Crippen LogP contribution in [-0.4, -0.2) is 41.4 Å². The number of nitrogens with one attached hydrogen (secondary N) is 1. The smallest absolute Gasteiger partial charge is 0.261 e. The minimum Gasteiger partial charge on any atom is -0.484 e. The number of hydrogen-bond donors (Lipinski definition) is 1. The summed E-state index contributed by atoms with van der Waals surface area (Å²) in [5.41, 5.74) is 1.73. The van der Waals surface area contributed by atoms with Gasteiger partial charge in [0.2, 0.25) is 5.91 Å². The maximum absolute atomic E-state index is 13.1. The van der Waals surface area contributed by atoms with Crippen molar-refractivity contribution in [1.29, 1.82) is 0 Å². The molecule has 2 aromatic rings. The number of benzene rings is 2. The lowest BCUT2D eigenvalue weighted by atomic mass is 10.1. The summed E-state index contributed by atoms with van der Waals surface area (Å²) >= 11 is 0. The molecule has 5 nitrogen and oxygen atoms in total. The largest absolute Gasteiger partial charge is 0.484 e. The highest BCUT2D eigenvalue weighted by molar-refractivity contribution is 5.88. The van der Waals surface area contributed by atoms with E-state index in [0.717, 1.165) is 11.1 Å². The Morgan fingerprint density at radius 3 is 2.27 bits per heavy atom. The Labute approximate surface area is 180 Å². The standard InChI is InChI=1S/C25H34N2O3/c1-6-21(24(29)26-25(3,4)5)27(17-16-20-13-8-7-9-14-20)23(28)18-30-22-15-11-10-12-19(22)2/h7-15,21H,6,16-18H2,1-5H3,(H,26,29)/t21-/m0/s1. The van der Waals surface area contributed by atoms with Crippen LogP contribution in [0, 0.1) is 6.92 Å². The third kappa shape index (κ3) is 7.21. The number of amides is 2. The van der Waals surface area contributed by atoms with Crippen molar-refractivity contribution in [1.82, 2.24) is 10.2 Å². The number of carbonyl (C=O) groups excluding carboxylic acids is 2. The summed E-state index contributed by atoms with van der Waals surface area (Å²) < 4.78 is 5.78. The van der Waals surface area contributed by atoms with E-state index in [2.05, 4.69) is 5.32 Å². The molecule has 0 aromatic heterocycles. The minimum atomic E-state index is -0.541. The van der Waals surface area contributed by atoms with Crippen LogP contribution in [0.4, 0.5) is 0 Å². The normalized spacial score (nSPS) is 12.2. The molecule has 0 aliphatic rings. The van der Waals surface area contributed by atoms with Crippen LogP contribution in [0.25, 0.3) is 0 Å². The Morgan fingerprint density at radius 1 is 1.03 bits per heavy atom. The van der Waals surface area contributed by atoms with Gasteiger partial charge in [0, 0.05) is 12.1 Å². The molecule has 162 valence electrons. The number of nitrogens with zero attached hydrogens (tertiary/aromatic N) is 1. The summed E-state index contributed by atoms with van der Waals surface area (Å²) in [7, 11) is 0. The third-order valence-corrected chi connectivity index (χ3v) is 4.81. The SMILES string of the molecule is CC[C@@H](C(=O)NC(C)(C)C)N(CCc1ccccc1)C(=O)COc1ccccc1C. The predicted octanol–water partition coefficient (Wildman–Crippen LogP) is 4.14. The average molecular weight is 411 g/mol. The maximum atomic E-state index is 13.1. The van der Waals surface area contributed by atoms with E-state index >= 15 is 0 Å². The fourth-order valence-electron chi connectivity index (χ4n) is 3.29. The zero-order valence-corrected chi connectivity index (χ0v) is 18.8. The van der Waals surface area contributed by atoms with Crippen LogP contribution in [0.1, 0.15) is 45.2 Å². The summed E-state index contributed by atoms with van der Waals surface area (Å²) in [5, 5.41) is 3.01. The average Bonchev–Trinajstić information content (AvgIpc) is 2.69. The number of aryl methyl sites for hydroxylation is 1. The number of carbonyl (C=O) groups is 2. The van der Waals surface area contributed by atoms with Gasteiger partial charge in [-0.15, -0.1) is 0 Å². The Bertz CT molecular complexity index is 828. The van der Waals surface area contributed by atoms with E-state index in [1.165, 1.54) is 0 Å². The second-order valence-corrected chi connectivity index (χ2v) is 8.54. The molecule has 0 fully saturated rings. The van der Waals surface area contributed by atoms with Gasteiger partial charge in [-0.25, -0.2) is 0 Å². The molecule has 0 aliphatic heterocycles. The lowest BCUT2D eigenvalue weighted by Crippen LogP contribution is -2.54. The molecule has 0 spiro atoms. The van der Waals surface area contributed by atoms with Gasteiger partial charge in [0.05, 0.1) is 0 Å². The van der Waals surface area contributed by atoms with Crippen molar-refractivity contribution >= 4 is 11.8 Å². The summed E-state index contributed by atoms with van der Waals surface area (Å²) in [6, 6.07) is 17.0. The predicted molar refractivity (Wildman–Crippen MR) is 121 cm³/mol. The van der Waals surface area contributed by atoms with Crippen molar-refractivity contribution in [3.05, 3.63) is 65.7 Å². The van der Waals surface area contributed by atoms with Crippen LogP contribution >= 0.6 is 0 Å². The van der Waals surface area contributed by atoms with Crippen molar-refractivity contribution in [3.8, 4) is 5.75 Å². The zero-order valence-electron chi connectivity index (χ0n) is 18.8. The monoisotopic (exact) mass is 410 g/mol. The van der Waals surface area contributed by atoms with Gasteiger partial charge in [0.1, 0.15) is 11.8 Å². The molecule has 1 N–H and O–H groups in total. The molecule has 2 aromatic carbocycles. The fourth-order valence-corrected chi connectivity index (χ4v) is 3.29. The molecule has 0 unspecified atom stereocenters. The molecule has 5 heteroatoms. The Balaban J connectivity index is 2.16. The molecule has 2 rings (SSSR count). The molecular formula is C25H34N2O3. The van der Waals surface area contributed by atoms with Gasteiger partial charge in [0.15, 0.2) is 6.61 Å². The number of hydrogen-bond acceptors (Lipinski definition) is 3. The molecule has 1 atom stereocenters. The van der Waals surface area contributed by atoms with Gasteiger partial charge in [-0.1, -0.05) is 55.5 Å². The van der Waals surface area contributed by atoms with Gasteiger partial charge in [-0.2, -0.15) is 0 Å². The Kier molecular flexibility index (Phi) is 8.46. The first-order chi connectivity index (χ1) is 14.2. The number of ether oxygens (including phenoxy) is 1. The van der Waals surface area contributed by atoms with Gasteiger partial charge in [-0.05, 0) is 57.7 Å². The van der Waals surface area contributed by atoms with Crippen molar-refractivity contribution in [3.63, 3.8) is 0 Å². The van der Waals surface area contributed by atoms with E-state index in [0.29, 0.717) is 25.1 Å². The molecule has 0 bridgehead atoms. The van der Waals surface area contributed by atoms with Crippen molar-refractivity contribution in [2.24, 2.45) is 0 Å². The van der Waals surface area contributed by atoms with Gasteiger partial charge in [0.25, 0.3) is 5.91 Å². The number of para-hydroxylation sites is 1. The summed E-state index contributed by atoms with van der Waals surface area (Å²) in [5.74, 6) is 0.355. The topological polar surface area (TPSA) is 58.6 Å². The third-order valence-electron chi connectivity index (χ3n) is 4.81. The van der Waals surface area contributed by atoms with Crippen LogP contribution in [0.2, 0.25) is 0 Å². The highest BCUT2D eigenvalue weighted by Crippen LogP contribution is 2.17. The Hall–Kier alpha value is -2.82. The van der Waals surface area contributed by atoms with Crippen LogP contribution in [-0.2, 0) is 16.0 Å². The molecular weight excluding hydrogens is 376 g/mol. The lowest BCUT2D eigenvalue weighted by molar-refractivity contribution is -0.142. The quantitative estimate of drug-likeness (QED) is 0.676. The van der Waals surface area contributed by atoms with Gasteiger partial charge >= 0.3 is 0 Å². The van der Waals surface area contributed by atoms with Crippen LogP contribution in [0.3, 0.4) is 0 Å². The fraction of sp³-hybridized carbons (Fsp3) is 0.440. The van der Waals surface area contributed by atoms with E-state index in [1.54, 1.807) is 4.90 Å². The first-order valence-corrected chi connectivity index (χ1v) is 10.5. The second kappa shape index (κ2) is 10.8. The molecule has 0 heterocycles. The van der Waals surface area contributed by atoms with Gasteiger partial charge in [-0.3, -0.25) is 9.59 Å². The van der Waals surface area contributed by atoms with E-state index in [4.69, 9.17) is 4.74 Å². The van der Waals surface area contributed by atoms with Crippen LogP contribution < -0.4 is 10.1 Å². The van der Waals surface area contributed by atoms with Gasteiger partial charge < -0.3 is 15.0 Å². The van der Waals surface area contributed by atoms with Crippen molar-refractivity contribution in [2.75, 3.05) is 13.2 Å². The van der Waals surface area contributed by atoms with E-state index in [9.17, 15) is 9.59 Å². The highest BCUT2D eigenvalue weighted by atomic mass is 16.5. The molecule has 30 heavy (non-hydrogen) atoms. The van der Waals surface area contributed by atoms with Crippen molar-refractivity contribution < 1.29 is 14.3 Å². The summed E-state index contributed by atoms with van der Waals surface area (Å²) in [6.45, 7) is 10.0. The first kappa shape index (κ1) is 23.5. The summed E-state index contributed by atoms with van der Waals surface area (Å²) in [4.78, 5) is 27.7. The number of rotatable bonds is 9. The lowest BCUT2D eigenvalue weighted by Gasteiger charge is -2.33. The maximum Gasteiger partial charge on any atom is 0.261 e. The van der Waals surface area contributed by atoms with Crippen molar-refractivity contribution in [2.45, 2.75) is 59.0 Å². The van der Waals surface area contributed by atoms with Crippen LogP contribution in [0.5, 0.6) is 5.75 Å². The molecule has 2 amide bonds. The molecule has 0 aliphatic carbocycles. The van der Waals surface area contributed by atoms with Crippen LogP contribution in [0.15, 0.2) is 54.6 Å². The highest BCUT2D eigenvalue weighted by Gasteiger charge is 2.30. The Morgan fingerprint density at radius 2 is 1.67 bits per heavy atom. The van der Waals surface area contributed by atoms with E-state index < -0.39 is 6.04 Å². The first-order valence-electron chi connectivity index (χ1n) is 10.5. The second-order valence-electron chi connectivity index (χ2n) is 8.54. The molecule has 0 saturated carbocycles. The van der Waals surface area contributed by atoms with E-state index in [-0.39, 0.29) is 24.0 Å². The summed E-state index contributed by atoms with van der Waals surface area (Å²) in [6.07, 6.45) is 1.21. The minimum absolute atomic E-state index is 0.0983. The molecule has 0 saturated heterocycles.